The summed E-state index contributed by atoms with van der Waals surface area (Å²) in [6.45, 7) is 1.46. The number of fused-ring (bicyclic) bond motifs is 6. The molecule has 0 aliphatic heterocycles. The highest BCUT2D eigenvalue weighted by molar-refractivity contribution is 6.13. The van der Waals surface area contributed by atoms with Gasteiger partial charge in [0.2, 0.25) is 0 Å². The second-order valence-corrected chi connectivity index (χ2v) is 11.1. The monoisotopic (exact) mass is 568 g/mol. The lowest BCUT2D eigenvalue weighted by Crippen LogP contribution is -2.30. The molecule has 6 aromatic carbocycles. The van der Waals surface area contributed by atoms with E-state index in [4.69, 9.17) is 4.42 Å². The summed E-state index contributed by atoms with van der Waals surface area (Å²) in [7, 11) is 0. The van der Waals surface area contributed by atoms with E-state index in [0.717, 1.165) is 67.1 Å². The van der Waals surface area contributed by atoms with Crippen LogP contribution in [-0.4, -0.2) is 4.57 Å². The van der Waals surface area contributed by atoms with Gasteiger partial charge in [0.25, 0.3) is 0 Å². The molecular weight excluding hydrogens is 540 g/mol. The largest absolute Gasteiger partial charge is 0.455 e. The van der Waals surface area contributed by atoms with Crippen molar-refractivity contribution in [1.82, 2.24) is 15.4 Å². The smallest absolute Gasteiger partial charge is 0.143 e. The Morgan fingerprint density at radius 3 is 2.16 bits per heavy atom. The summed E-state index contributed by atoms with van der Waals surface area (Å²) >= 11 is 0. The first kappa shape index (κ1) is 26.0. The zero-order chi connectivity index (χ0) is 29.5. The normalized spacial score (nSPS) is 11.5. The number of benzene rings is 6. The fraction of sp³-hybridized carbons (Fsp3) is 0.0513. The molecule has 0 fully saturated rings. The minimum atomic E-state index is 0.650. The van der Waals surface area contributed by atoms with Crippen molar-refractivity contribution < 1.29 is 4.42 Å². The summed E-state index contributed by atoms with van der Waals surface area (Å²) in [5.74, 6) is 0. The fourth-order valence-corrected chi connectivity index (χ4v) is 6.20. The first-order chi connectivity index (χ1) is 21.8. The van der Waals surface area contributed by atoms with Gasteiger partial charge in [0.15, 0.2) is 0 Å². The average Bonchev–Trinajstić information content (AvgIpc) is 3.62. The van der Waals surface area contributed by atoms with Crippen molar-refractivity contribution in [3.05, 3.63) is 150 Å². The van der Waals surface area contributed by atoms with Crippen LogP contribution in [0.25, 0.3) is 60.6 Å². The third kappa shape index (κ3) is 4.50. The third-order valence-corrected chi connectivity index (χ3v) is 8.36. The molecule has 0 aliphatic rings. The molecule has 2 N–H and O–H groups in total. The van der Waals surface area contributed by atoms with Crippen LogP contribution in [0.1, 0.15) is 16.7 Å². The molecule has 0 atom stereocenters. The first-order valence-electron chi connectivity index (χ1n) is 14.7. The van der Waals surface area contributed by atoms with Gasteiger partial charge >= 0.3 is 0 Å². The summed E-state index contributed by atoms with van der Waals surface area (Å²) in [4.78, 5) is 0. The van der Waals surface area contributed by atoms with Gasteiger partial charge < -0.3 is 8.98 Å². The molecule has 0 saturated heterocycles. The van der Waals surface area contributed by atoms with Gasteiger partial charge in [-0.25, -0.2) is 0 Å². The van der Waals surface area contributed by atoms with Crippen molar-refractivity contribution in [3.63, 3.8) is 0 Å². The number of hydrogen-bond acceptors (Lipinski definition) is 4. The van der Waals surface area contributed by atoms with E-state index in [0.29, 0.717) is 12.1 Å². The van der Waals surface area contributed by atoms with Crippen LogP contribution in [0.3, 0.4) is 0 Å². The molecule has 5 nitrogen and oxygen atoms in total. The summed E-state index contributed by atoms with van der Waals surface area (Å²) in [5.41, 5.74) is 16.8. The van der Waals surface area contributed by atoms with E-state index in [2.05, 4.69) is 106 Å². The predicted molar refractivity (Wildman–Crippen MR) is 178 cm³/mol. The van der Waals surface area contributed by atoms with Crippen LogP contribution < -0.4 is 10.9 Å². The van der Waals surface area contributed by atoms with Crippen LogP contribution in [0.5, 0.6) is 0 Å². The molecule has 2 aromatic heterocycles. The maximum absolute atomic E-state index is 9.65. The van der Waals surface area contributed by atoms with E-state index in [1.165, 1.54) is 11.1 Å². The van der Waals surface area contributed by atoms with Gasteiger partial charge in [-0.1, -0.05) is 91.0 Å². The summed E-state index contributed by atoms with van der Waals surface area (Å²) in [6, 6.07) is 48.3. The number of nitrogens with one attached hydrogen (secondary N) is 2. The molecular formula is C39H28N4O. The summed E-state index contributed by atoms with van der Waals surface area (Å²) in [5, 5.41) is 14.0. The van der Waals surface area contributed by atoms with Crippen LogP contribution in [0, 0.1) is 11.3 Å². The Hall–Kier alpha value is -5.67. The van der Waals surface area contributed by atoms with E-state index in [1.807, 2.05) is 48.5 Å². The topological polar surface area (TPSA) is 65.9 Å². The first-order valence-corrected chi connectivity index (χ1v) is 14.7. The molecule has 0 unspecified atom stereocenters. The van der Waals surface area contributed by atoms with E-state index in [9.17, 15) is 5.26 Å². The second kappa shape index (κ2) is 10.9. The van der Waals surface area contributed by atoms with E-state index >= 15 is 0 Å². The molecule has 210 valence electrons. The van der Waals surface area contributed by atoms with E-state index in [1.54, 1.807) is 0 Å². The van der Waals surface area contributed by atoms with Crippen LogP contribution >= 0.6 is 0 Å². The van der Waals surface area contributed by atoms with Crippen molar-refractivity contribution in [2.45, 2.75) is 13.1 Å². The number of para-hydroxylation sites is 2. The molecule has 0 amide bonds. The van der Waals surface area contributed by atoms with E-state index < -0.39 is 0 Å². The average molecular weight is 569 g/mol. The molecule has 8 rings (SSSR count). The minimum absolute atomic E-state index is 0.650. The Labute approximate surface area is 254 Å². The maximum atomic E-state index is 9.65. The molecule has 0 saturated carbocycles. The molecule has 0 bridgehead atoms. The number of aromatic nitrogens is 1. The Balaban J connectivity index is 1.19. The van der Waals surface area contributed by atoms with Crippen LogP contribution in [0.2, 0.25) is 0 Å². The van der Waals surface area contributed by atoms with Crippen molar-refractivity contribution in [2.75, 3.05) is 0 Å². The number of hydrazine groups is 1. The van der Waals surface area contributed by atoms with Gasteiger partial charge in [-0.15, -0.1) is 0 Å². The molecule has 5 heteroatoms. The molecule has 0 spiro atoms. The Morgan fingerprint density at radius 2 is 1.34 bits per heavy atom. The van der Waals surface area contributed by atoms with Crippen LogP contribution in [0.15, 0.2) is 138 Å². The highest BCUT2D eigenvalue weighted by Crippen LogP contribution is 2.39. The van der Waals surface area contributed by atoms with Crippen molar-refractivity contribution in [3.8, 4) is 22.9 Å². The van der Waals surface area contributed by atoms with Crippen molar-refractivity contribution in [2.24, 2.45) is 0 Å². The van der Waals surface area contributed by atoms with Gasteiger partial charge in [-0.2, -0.15) is 5.26 Å². The standard InChI is InChI=1S/C39H28N4O/c40-23-28-15-20-36-35(21-28)32-19-16-29(31-10-6-11-34-33-9-4-5-12-38(33)44-39(31)34)22-37(32)43(36)30-17-13-27(14-18-30)25-42-41-24-26-7-2-1-3-8-26/h1-22,41-42H,24-25H2. The molecule has 2 heterocycles. The summed E-state index contributed by atoms with van der Waals surface area (Å²) < 4.78 is 8.67. The van der Waals surface area contributed by atoms with Gasteiger partial charge in [0, 0.05) is 45.9 Å². The Bertz CT molecular complexity index is 2340. The van der Waals surface area contributed by atoms with Gasteiger partial charge in [0.1, 0.15) is 11.2 Å². The predicted octanol–water partition coefficient (Wildman–Crippen LogP) is 9.02. The number of rotatable bonds is 7. The lowest BCUT2D eigenvalue weighted by Gasteiger charge is -2.11. The molecule has 44 heavy (non-hydrogen) atoms. The molecule has 8 aromatic rings. The zero-order valence-corrected chi connectivity index (χ0v) is 23.9. The van der Waals surface area contributed by atoms with Crippen LogP contribution in [0.4, 0.5) is 0 Å². The molecule has 0 radical (unpaired) electrons. The lowest BCUT2D eigenvalue weighted by molar-refractivity contribution is 0.529. The van der Waals surface area contributed by atoms with Crippen LogP contribution in [-0.2, 0) is 13.1 Å². The third-order valence-electron chi connectivity index (χ3n) is 8.36. The highest BCUT2D eigenvalue weighted by atomic mass is 16.3. The SMILES string of the molecule is N#Cc1ccc2c(c1)c1ccc(-c3cccc4c3oc3ccccc34)cc1n2-c1ccc(CNNCc2ccccc2)cc1. The van der Waals surface area contributed by atoms with E-state index in [-0.39, 0.29) is 0 Å². The highest BCUT2D eigenvalue weighted by Gasteiger charge is 2.17. The quantitative estimate of drug-likeness (QED) is 0.149. The maximum Gasteiger partial charge on any atom is 0.143 e. The second-order valence-electron chi connectivity index (χ2n) is 11.1. The lowest BCUT2D eigenvalue weighted by atomic mass is 10.0. The number of furan rings is 1. The summed E-state index contributed by atoms with van der Waals surface area (Å²) in [6.07, 6.45) is 0. The Kier molecular flexibility index (Phi) is 6.42. The van der Waals surface area contributed by atoms with Gasteiger partial charge in [0.05, 0.1) is 22.7 Å². The fourth-order valence-electron chi connectivity index (χ4n) is 6.20. The number of hydrogen-bond donors (Lipinski definition) is 2. The van der Waals surface area contributed by atoms with Crippen molar-refractivity contribution in [1.29, 1.82) is 5.26 Å². The zero-order valence-electron chi connectivity index (χ0n) is 23.9. The minimum Gasteiger partial charge on any atom is -0.455 e. The molecule has 0 aliphatic carbocycles. The Morgan fingerprint density at radius 1 is 0.591 bits per heavy atom. The number of nitrogens with zero attached hydrogens (tertiary/aromatic N) is 2. The van der Waals surface area contributed by atoms with Gasteiger partial charge in [-0.3, -0.25) is 10.9 Å². The van der Waals surface area contributed by atoms with Crippen molar-refractivity contribution >= 4 is 43.7 Å². The van der Waals surface area contributed by atoms with Gasteiger partial charge in [-0.05, 0) is 59.2 Å². The number of nitriles is 1.